The van der Waals surface area contributed by atoms with Gasteiger partial charge in [-0.05, 0) is 17.7 Å². The van der Waals surface area contributed by atoms with Crippen LogP contribution in [-0.2, 0) is 16.1 Å². The highest BCUT2D eigenvalue weighted by Gasteiger charge is 2.20. The summed E-state index contributed by atoms with van der Waals surface area (Å²) in [5.41, 5.74) is 6.73. The van der Waals surface area contributed by atoms with Gasteiger partial charge in [-0.15, -0.1) is 0 Å². The number of hydrogen-bond acceptors (Lipinski definition) is 4. The minimum atomic E-state index is -1.14. The molecule has 1 atom stereocenters. The molecule has 4 N–H and O–H groups in total. The van der Waals surface area contributed by atoms with E-state index in [2.05, 4.69) is 5.32 Å². The van der Waals surface area contributed by atoms with Crippen molar-refractivity contribution in [3.05, 3.63) is 35.4 Å². The van der Waals surface area contributed by atoms with Crippen molar-refractivity contribution in [3.8, 4) is 0 Å². The maximum atomic E-state index is 11.8. The van der Waals surface area contributed by atoms with Crippen LogP contribution in [0.1, 0.15) is 15.9 Å². The number of carbonyl (C=O) groups excluding carboxylic acids is 1. The zero-order valence-corrected chi connectivity index (χ0v) is 10.1. The number of nitrogens with two attached hydrogens (primary N) is 1. The number of aliphatic carboxylic acids is 1. The fourth-order valence-corrected chi connectivity index (χ4v) is 1.38. The van der Waals surface area contributed by atoms with Crippen molar-refractivity contribution in [2.24, 2.45) is 5.73 Å². The fraction of sp³-hybridized carbons (Fsp3) is 0.333. The largest absolute Gasteiger partial charge is 0.480 e. The number of benzene rings is 1. The molecular formula is C12H16N2O4. The molecule has 0 aliphatic rings. The number of nitrogens with one attached hydrogen (secondary N) is 1. The number of hydrogen-bond donors (Lipinski definition) is 3. The van der Waals surface area contributed by atoms with E-state index < -0.39 is 17.9 Å². The van der Waals surface area contributed by atoms with Gasteiger partial charge in [-0.1, -0.05) is 12.1 Å². The third-order valence-electron chi connectivity index (χ3n) is 2.39. The molecule has 1 aromatic rings. The Morgan fingerprint density at radius 2 is 2.00 bits per heavy atom. The molecule has 0 saturated carbocycles. The number of carbonyl (C=O) groups is 2. The molecule has 6 nitrogen and oxygen atoms in total. The quantitative estimate of drug-likeness (QED) is 0.660. The highest BCUT2D eigenvalue weighted by atomic mass is 16.5. The molecule has 0 bridgehead atoms. The van der Waals surface area contributed by atoms with Gasteiger partial charge in [0.15, 0.2) is 6.04 Å². The van der Waals surface area contributed by atoms with Gasteiger partial charge in [0.2, 0.25) is 0 Å². The maximum Gasteiger partial charge on any atom is 0.328 e. The molecule has 1 amide bonds. The summed E-state index contributed by atoms with van der Waals surface area (Å²) in [6, 6.07) is 5.59. The number of carboxylic acid groups (broad SMARTS) is 1. The van der Waals surface area contributed by atoms with Crippen LogP contribution in [0, 0.1) is 0 Å². The van der Waals surface area contributed by atoms with Crippen LogP contribution in [0.2, 0.25) is 0 Å². The lowest BCUT2D eigenvalue weighted by molar-refractivity contribution is -0.140. The summed E-state index contributed by atoms with van der Waals surface area (Å²) in [5, 5.41) is 11.2. The summed E-state index contributed by atoms with van der Waals surface area (Å²) in [7, 11) is 1.37. The van der Waals surface area contributed by atoms with Crippen molar-refractivity contribution in [2.75, 3.05) is 13.7 Å². The molecule has 0 heterocycles. The summed E-state index contributed by atoms with van der Waals surface area (Å²) < 4.78 is 4.73. The van der Waals surface area contributed by atoms with Crippen LogP contribution < -0.4 is 11.1 Å². The molecule has 0 radical (unpaired) electrons. The van der Waals surface area contributed by atoms with Crippen LogP contribution in [0.25, 0.3) is 0 Å². The molecule has 18 heavy (non-hydrogen) atoms. The Bertz CT molecular complexity index is 417. The first kappa shape index (κ1) is 14.1. The Hall–Kier alpha value is -1.92. The summed E-state index contributed by atoms with van der Waals surface area (Å²) in [4.78, 5) is 22.6. The van der Waals surface area contributed by atoms with Gasteiger partial charge in [0.05, 0.1) is 6.61 Å². The number of amides is 1. The zero-order valence-electron chi connectivity index (χ0n) is 10.1. The smallest absolute Gasteiger partial charge is 0.328 e. The molecule has 0 aliphatic heterocycles. The third-order valence-corrected chi connectivity index (χ3v) is 2.39. The van der Waals surface area contributed by atoms with Crippen LogP contribution >= 0.6 is 0 Å². The van der Waals surface area contributed by atoms with E-state index in [0.717, 1.165) is 5.56 Å². The SMILES string of the molecule is COCC(NC(=O)c1ccc(CN)cc1)C(=O)O. The Labute approximate surface area is 105 Å². The first-order valence-electron chi connectivity index (χ1n) is 5.40. The zero-order chi connectivity index (χ0) is 13.5. The van der Waals surface area contributed by atoms with Gasteiger partial charge in [0, 0.05) is 19.2 Å². The summed E-state index contributed by atoms with van der Waals surface area (Å²) in [6.45, 7) is 0.311. The monoisotopic (exact) mass is 252 g/mol. The van der Waals surface area contributed by atoms with Crippen molar-refractivity contribution in [1.29, 1.82) is 0 Å². The van der Waals surface area contributed by atoms with Gasteiger partial charge in [0.1, 0.15) is 0 Å². The fourth-order valence-electron chi connectivity index (χ4n) is 1.38. The van der Waals surface area contributed by atoms with E-state index >= 15 is 0 Å². The van der Waals surface area contributed by atoms with Gasteiger partial charge in [-0.3, -0.25) is 4.79 Å². The average molecular weight is 252 g/mol. The van der Waals surface area contributed by atoms with E-state index in [-0.39, 0.29) is 6.61 Å². The molecule has 1 unspecified atom stereocenters. The first-order chi connectivity index (χ1) is 8.58. The number of rotatable bonds is 6. The van der Waals surface area contributed by atoms with E-state index in [0.29, 0.717) is 12.1 Å². The van der Waals surface area contributed by atoms with Crippen molar-refractivity contribution in [2.45, 2.75) is 12.6 Å². The van der Waals surface area contributed by atoms with Crippen LogP contribution in [-0.4, -0.2) is 36.7 Å². The van der Waals surface area contributed by atoms with E-state index in [1.165, 1.54) is 7.11 Å². The second kappa shape index (κ2) is 6.73. The van der Waals surface area contributed by atoms with Crippen LogP contribution in [0.3, 0.4) is 0 Å². The highest BCUT2D eigenvalue weighted by molar-refractivity contribution is 5.96. The lowest BCUT2D eigenvalue weighted by Crippen LogP contribution is -2.43. The van der Waals surface area contributed by atoms with Gasteiger partial charge in [-0.25, -0.2) is 4.79 Å². The molecule has 0 aromatic heterocycles. The molecule has 0 spiro atoms. The van der Waals surface area contributed by atoms with E-state index in [9.17, 15) is 9.59 Å². The van der Waals surface area contributed by atoms with Gasteiger partial charge < -0.3 is 20.9 Å². The molecule has 0 aliphatic carbocycles. The van der Waals surface area contributed by atoms with Crippen molar-refractivity contribution in [3.63, 3.8) is 0 Å². The lowest BCUT2D eigenvalue weighted by Gasteiger charge is -2.13. The van der Waals surface area contributed by atoms with Crippen LogP contribution in [0.4, 0.5) is 0 Å². The van der Waals surface area contributed by atoms with Crippen molar-refractivity contribution >= 4 is 11.9 Å². The second-order valence-corrected chi connectivity index (χ2v) is 3.72. The summed E-state index contributed by atoms with van der Waals surface area (Å²) >= 11 is 0. The number of ether oxygens (including phenoxy) is 1. The molecule has 0 saturated heterocycles. The standard InChI is InChI=1S/C12H16N2O4/c1-18-7-10(12(16)17)14-11(15)9-4-2-8(6-13)3-5-9/h2-5,10H,6-7,13H2,1H3,(H,14,15)(H,16,17). The van der Waals surface area contributed by atoms with Crippen LogP contribution in [0.5, 0.6) is 0 Å². The summed E-state index contributed by atoms with van der Waals surface area (Å²) in [5.74, 6) is -1.59. The van der Waals surface area contributed by atoms with Gasteiger partial charge >= 0.3 is 5.97 Å². The Kier molecular flexibility index (Phi) is 5.29. The minimum Gasteiger partial charge on any atom is -0.480 e. The van der Waals surface area contributed by atoms with E-state index in [1.54, 1.807) is 24.3 Å². The van der Waals surface area contributed by atoms with Crippen molar-refractivity contribution in [1.82, 2.24) is 5.32 Å². The summed E-state index contributed by atoms with van der Waals surface area (Å²) in [6.07, 6.45) is 0. The molecule has 1 rings (SSSR count). The Morgan fingerprint density at radius 3 is 2.44 bits per heavy atom. The molecule has 1 aromatic carbocycles. The van der Waals surface area contributed by atoms with Crippen LogP contribution in [0.15, 0.2) is 24.3 Å². The normalized spacial score (nSPS) is 11.9. The molecular weight excluding hydrogens is 236 g/mol. The Morgan fingerprint density at radius 1 is 1.39 bits per heavy atom. The number of carboxylic acids is 1. The maximum absolute atomic E-state index is 11.8. The second-order valence-electron chi connectivity index (χ2n) is 3.72. The molecule has 6 heteroatoms. The Balaban J connectivity index is 2.70. The van der Waals surface area contributed by atoms with Gasteiger partial charge in [-0.2, -0.15) is 0 Å². The predicted octanol–water partition coefficient (Wildman–Crippen LogP) is -0.0253. The lowest BCUT2D eigenvalue weighted by atomic mass is 10.1. The highest BCUT2D eigenvalue weighted by Crippen LogP contribution is 2.04. The predicted molar refractivity (Wildman–Crippen MR) is 65.1 cm³/mol. The van der Waals surface area contributed by atoms with E-state index in [1.807, 2.05) is 0 Å². The topological polar surface area (TPSA) is 102 Å². The first-order valence-corrected chi connectivity index (χ1v) is 5.40. The minimum absolute atomic E-state index is 0.0814. The van der Waals surface area contributed by atoms with Crippen molar-refractivity contribution < 1.29 is 19.4 Å². The number of methoxy groups -OCH3 is 1. The molecule has 0 fully saturated rings. The molecule has 98 valence electrons. The van der Waals surface area contributed by atoms with Gasteiger partial charge in [0.25, 0.3) is 5.91 Å². The van der Waals surface area contributed by atoms with E-state index in [4.69, 9.17) is 15.6 Å². The average Bonchev–Trinajstić information content (AvgIpc) is 2.38. The third kappa shape index (κ3) is 3.83.